The van der Waals surface area contributed by atoms with Gasteiger partial charge in [0.05, 0.1) is 19.3 Å². The summed E-state index contributed by atoms with van der Waals surface area (Å²) in [6.07, 6.45) is 2.02. The van der Waals surface area contributed by atoms with Crippen LogP contribution in [0.2, 0.25) is 0 Å². The SMILES string of the molecule is COc1ccnc(COc2cccnc2OC(=O)NC(=O)CN)c1. The van der Waals surface area contributed by atoms with Crippen molar-refractivity contribution in [2.75, 3.05) is 13.7 Å². The van der Waals surface area contributed by atoms with Crippen LogP contribution in [-0.4, -0.2) is 35.6 Å². The third-order valence-electron chi connectivity index (χ3n) is 2.75. The highest BCUT2D eigenvalue weighted by Crippen LogP contribution is 2.24. The number of hydrogen-bond acceptors (Lipinski definition) is 8. The number of hydrogen-bond donors (Lipinski definition) is 2. The summed E-state index contributed by atoms with van der Waals surface area (Å²) < 4.78 is 15.6. The van der Waals surface area contributed by atoms with Crippen molar-refractivity contribution in [3.05, 3.63) is 42.4 Å². The number of nitrogens with two attached hydrogens (primary N) is 1. The van der Waals surface area contributed by atoms with Crippen LogP contribution in [0.15, 0.2) is 36.7 Å². The van der Waals surface area contributed by atoms with Gasteiger partial charge in [-0.2, -0.15) is 0 Å². The molecule has 2 heterocycles. The maximum atomic E-state index is 11.6. The number of nitrogens with one attached hydrogen (secondary N) is 1. The number of methoxy groups -OCH3 is 1. The predicted octanol–water partition coefficient (Wildman–Crippen LogP) is 0.638. The number of nitrogens with zero attached hydrogens (tertiary/aromatic N) is 2. The minimum atomic E-state index is -0.992. The van der Waals surface area contributed by atoms with Crippen molar-refractivity contribution in [1.29, 1.82) is 0 Å². The Morgan fingerprint density at radius 1 is 1.25 bits per heavy atom. The monoisotopic (exact) mass is 332 g/mol. The molecule has 3 N–H and O–H groups in total. The van der Waals surface area contributed by atoms with Crippen molar-refractivity contribution in [3.63, 3.8) is 0 Å². The van der Waals surface area contributed by atoms with Crippen molar-refractivity contribution in [2.45, 2.75) is 6.61 Å². The first-order valence-corrected chi connectivity index (χ1v) is 6.91. The molecule has 2 aromatic heterocycles. The summed E-state index contributed by atoms with van der Waals surface area (Å²) in [4.78, 5) is 30.7. The second-order valence-electron chi connectivity index (χ2n) is 4.42. The molecule has 9 nitrogen and oxygen atoms in total. The number of pyridine rings is 2. The lowest BCUT2D eigenvalue weighted by Gasteiger charge is -2.10. The van der Waals surface area contributed by atoms with Gasteiger partial charge in [-0.3, -0.25) is 15.1 Å². The summed E-state index contributed by atoms with van der Waals surface area (Å²) >= 11 is 0. The van der Waals surface area contributed by atoms with E-state index in [2.05, 4.69) is 9.97 Å². The number of aromatic nitrogens is 2. The average Bonchev–Trinajstić information content (AvgIpc) is 2.61. The summed E-state index contributed by atoms with van der Waals surface area (Å²) in [5, 5.41) is 1.94. The molecule has 0 radical (unpaired) electrons. The third kappa shape index (κ3) is 4.92. The Labute approximate surface area is 137 Å². The van der Waals surface area contributed by atoms with E-state index in [0.29, 0.717) is 11.4 Å². The van der Waals surface area contributed by atoms with Crippen LogP contribution in [-0.2, 0) is 11.4 Å². The zero-order valence-electron chi connectivity index (χ0n) is 12.9. The van der Waals surface area contributed by atoms with Crippen LogP contribution in [0.1, 0.15) is 5.69 Å². The molecule has 0 saturated carbocycles. The summed E-state index contributed by atoms with van der Waals surface area (Å²) in [5.41, 5.74) is 5.72. The number of carbonyl (C=O) groups excluding carboxylic acids is 2. The highest BCUT2D eigenvalue weighted by atomic mass is 16.6. The summed E-state index contributed by atoms with van der Waals surface area (Å²) in [5.74, 6) is 0.116. The zero-order chi connectivity index (χ0) is 17.4. The zero-order valence-corrected chi connectivity index (χ0v) is 12.9. The van der Waals surface area contributed by atoms with Crippen LogP contribution < -0.4 is 25.3 Å². The molecule has 0 atom stereocenters. The molecule has 0 saturated heterocycles. The minimum Gasteiger partial charge on any atom is -0.497 e. The molecular weight excluding hydrogens is 316 g/mol. The molecule has 0 aliphatic rings. The van der Waals surface area contributed by atoms with Gasteiger partial charge in [0.15, 0.2) is 5.75 Å². The van der Waals surface area contributed by atoms with Gasteiger partial charge >= 0.3 is 6.09 Å². The van der Waals surface area contributed by atoms with Crippen LogP contribution >= 0.6 is 0 Å². The summed E-state index contributed by atoms with van der Waals surface area (Å²) in [6.45, 7) is -0.217. The van der Waals surface area contributed by atoms with E-state index in [9.17, 15) is 9.59 Å². The fraction of sp³-hybridized carbons (Fsp3) is 0.200. The number of amides is 2. The second kappa shape index (κ2) is 8.44. The first-order chi connectivity index (χ1) is 11.6. The Kier molecular flexibility index (Phi) is 6.03. The molecule has 0 bridgehead atoms. The Morgan fingerprint density at radius 2 is 2.08 bits per heavy atom. The number of imide groups is 1. The minimum absolute atomic E-state index is 0.0808. The molecule has 126 valence electrons. The van der Waals surface area contributed by atoms with E-state index < -0.39 is 12.0 Å². The number of rotatable bonds is 6. The highest BCUT2D eigenvalue weighted by Gasteiger charge is 2.14. The van der Waals surface area contributed by atoms with Gasteiger partial charge in [0, 0.05) is 18.5 Å². The predicted molar refractivity (Wildman–Crippen MR) is 82.6 cm³/mol. The summed E-state index contributed by atoms with van der Waals surface area (Å²) in [6, 6.07) is 6.61. The molecule has 0 aromatic carbocycles. The van der Waals surface area contributed by atoms with Crippen molar-refractivity contribution in [3.8, 4) is 17.4 Å². The van der Waals surface area contributed by atoms with Gasteiger partial charge in [0.1, 0.15) is 12.4 Å². The average molecular weight is 332 g/mol. The molecule has 2 rings (SSSR count). The van der Waals surface area contributed by atoms with Crippen LogP contribution in [0.3, 0.4) is 0 Å². The van der Waals surface area contributed by atoms with E-state index in [-0.39, 0.29) is 24.8 Å². The largest absolute Gasteiger partial charge is 0.497 e. The molecule has 0 unspecified atom stereocenters. The maximum Gasteiger partial charge on any atom is 0.420 e. The van der Waals surface area contributed by atoms with Gasteiger partial charge in [0.2, 0.25) is 5.91 Å². The molecular formula is C15H16N4O5. The Hall–Kier alpha value is -3.20. The molecule has 0 aliphatic heterocycles. The standard InChI is InChI=1S/C15H16N4O5/c1-22-11-4-6-17-10(7-11)9-23-12-3-2-5-18-14(12)24-15(21)19-13(20)8-16/h2-7H,8-9,16H2,1H3,(H,19,20,21). The van der Waals surface area contributed by atoms with E-state index in [1.54, 1.807) is 37.6 Å². The molecule has 0 aliphatic carbocycles. The normalized spacial score (nSPS) is 9.92. The molecule has 2 amide bonds. The first kappa shape index (κ1) is 17.2. The van der Waals surface area contributed by atoms with E-state index in [0.717, 1.165) is 0 Å². The molecule has 0 spiro atoms. The number of carbonyl (C=O) groups is 2. The van der Waals surface area contributed by atoms with E-state index in [1.165, 1.54) is 6.20 Å². The van der Waals surface area contributed by atoms with Gasteiger partial charge < -0.3 is 19.9 Å². The van der Waals surface area contributed by atoms with E-state index in [4.69, 9.17) is 19.9 Å². The lowest BCUT2D eigenvalue weighted by Crippen LogP contribution is -2.37. The van der Waals surface area contributed by atoms with E-state index >= 15 is 0 Å². The lowest BCUT2D eigenvalue weighted by atomic mass is 10.3. The topological polar surface area (TPSA) is 126 Å². The molecule has 0 fully saturated rings. The molecule has 2 aromatic rings. The lowest BCUT2D eigenvalue weighted by molar-refractivity contribution is -0.118. The quantitative estimate of drug-likeness (QED) is 0.789. The number of ether oxygens (including phenoxy) is 3. The van der Waals surface area contributed by atoms with Crippen LogP contribution in [0.5, 0.6) is 17.4 Å². The van der Waals surface area contributed by atoms with Crippen molar-refractivity contribution in [1.82, 2.24) is 15.3 Å². The van der Waals surface area contributed by atoms with Crippen molar-refractivity contribution >= 4 is 12.0 Å². The van der Waals surface area contributed by atoms with E-state index in [1.807, 2.05) is 5.32 Å². The fourth-order valence-corrected chi connectivity index (χ4v) is 1.65. The molecule has 9 heteroatoms. The Morgan fingerprint density at radius 3 is 2.83 bits per heavy atom. The van der Waals surface area contributed by atoms with Gasteiger partial charge in [-0.05, 0) is 18.2 Å². The van der Waals surface area contributed by atoms with Crippen LogP contribution in [0.4, 0.5) is 4.79 Å². The Bertz CT molecular complexity index is 723. The second-order valence-corrected chi connectivity index (χ2v) is 4.42. The summed E-state index contributed by atoms with van der Waals surface area (Å²) in [7, 11) is 1.55. The van der Waals surface area contributed by atoms with Gasteiger partial charge in [0.25, 0.3) is 5.88 Å². The smallest absolute Gasteiger partial charge is 0.420 e. The van der Waals surface area contributed by atoms with Crippen LogP contribution in [0, 0.1) is 0 Å². The van der Waals surface area contributed by atoms with Crippen molar-refractivity contribution < 1.29 is 23.8 Å². The van der Waals surface area contributed by atoms with Crippen molar-refractivity contribution in [2.24, 2.45) is 5.73 Å². The Balaban J connectivity index is 2.02. The molecule has 24 heavy (non-hydrogen) atoms. The fourth-order valence-electron chi connectivity index (χ4n) is 1.65. The first-order valence-electron chi connectivity index (χ1n) is 6.91. The van der Waals surface area contributed by atoms with Gasteiger partial charge in [-0.15, -0.1) is 0 Å². The van der Waals surface area contributed by atoms with Gasteiger partial charge in [-0.1, -0.05) is 0 Å². The maximum absolute atomic E-state index is 11.6. The highest BCUT2D eigenvalue weighted by molar-refractivity contribution is 5.93. The van der Waals surface area contributed by atoms with Crippen LogP contribution in [0.25, 0.3) is 0 Å². The van der Waals surface area contributed by atoms with Gasteiger partial charge in [-0.25, -0.2) is 9.78 Å². The third-order valence-corrected chi connectivity index (χ3v) is 2.75.